The summed E-state index contributed by atoms with van der Waals surface area (Å²) in [6.45, 7) is 2.64. The molecular weight excluding hydrogens is 397 g/mol. The first-order chi connectivity index (χ1) is 14.0. The van der Waals surface area contributed by atoms with Crippen LogP contribution in [0.25, 0.3) is 0 Å². The predicted octanol–water partition coefficient (Wildman–Crippen LogP) is 3.62. The van der Waals surface area contributed by atoms with E-state index in [0.717, 1.165) is 18.4 Å². The summed E-state index contributed by atoms with van der Waals surface area (Å²) in [6.07, 6.45) is -1.61. The first kappa shape index (κ1) is 20.4. The Morgan fingerprint density at radius 1 is 1.33 bits per heavy atom. The van der Waals surface area contributed by atoms with Gasteiger partial charge < -0.3 is 14.6 Å². The number of fused-ring (bicyclic) bond motifs is 1. The van der Waals surface area contributed by atoms with E-state index in [1.807, 2.05) is 0 Å². The second-order valence-corrected chi connectivity index (χ2v) is 8.24. The monoisotopic (exact) mass is 418 g/mol. The number of carbonyl (C=O) groups excluding carboxylic acids is 1. The molecule has 2 atom stereocenters. The molecule has 4 rings (SSSR count). The number of nitrogens with zero attached hydrogens (tertiary/aromatic N) is 4. The van der Waals surface area contributed by atoms with Crippen LogP contribution in [0.15, 0.2) is 24.4 Å². The largest absolute Gasteiger partial charge is 0.424 e. The number of nitriles is 1. The fraction of sp³-hybridized carbons (Fsp3) is 0.476. The number of alkyl halides is 3. The maximum atomic E-state index is 13.3. The predicted molar refractivity (Wildman–Crippen MR) is 100 cm³/mol. The van der Waals surface area contributed by atoms with Crippen LogP contribution >= 0.6 is 0 Å². The van der Waals surface area contributed by atoms with Gasteiger partial charge in [0, 0.05) is 12.1 Å². The zero-order valence-electron chi connectivity index (χ0n) is 16.6. The molecule has 1 aliphatic heterocycles. The molecule has 1 saturated carbocycles. The highest BCUT2D eigenvalue weighted by molar-refractivity contribution is 5.94. The van der Waals surface area contributed by atoms with Crippen molar-refractivity contribution in [1.82, 2.24) is 14.5 Å². The Labute approximate surface area is 171 Å². The highest BCUT2D eigenvalue weighted by atomic mass is 19.4. The fourth-order valence-corrected chi connectivity index (χ4v) is 4.02. The molecule has 158 valence electrons. The highest BCUT2D eigenvalue weighted by Gasteiger charge is 2.55. The van der Waals surface area contributed by atoms with Crippen LogP contribution < -0.4 is 0 Å². The summed E-state index contributed by atoms with van der Waals surface area (Å²) >= 11 is 0. The summed E-state index contributed by atoms with van der Waals surface area (Å²) in [5, 5.41) is 19.3. The number of rotatable bonds is 3. The van der Waals surface area contributed by atoms with Gasteiger partial charge in [-0.1, -0.05) is 0 Å². The number of halogens is 3. The number of hydrogen-bond donors (Lipinski definition) is 1. The SMILES string of the molecule is C[C@H]1CN(C(=O)c2ccc(C#N)c(C3CC3)c2)Cc2cnc([C@@](C)(O)C(F)(F)F)n21. The van der Waals surface area contributed by atoms with Crippen molar-refractivity contribution in [2.75, 3.05) is 6.54 Å². The van der Waals surface area contributed by atoms with Crippen LogP contribution in [0.2, 0.25) is 0 Å². The molecule has 1 amide bonds. The lowest BCUT2D eigenvalue weighted by molar-refractivity contribution is -0.263. The van der Waals surface area contributed by atoms with Crippen molar-refractivity contribution in [1.29, 1.82) is 5.26 Å². The molecule has 0 radical (unpaired) electrons. The van der Waals surface area contributed by atoms with Gasteiger partial charge in [0.15, 0.2) is 5.82 Å². The Morgan fingerprint density at radius 3 is 2.63 bits per heavy atom. The molecule has 0 spiro atoms. The van der Waals surface area contributed by atoms with Gasteiger partial charge in [0.2, 0.25) is 5.60 Å². The molecule has 1 fully saturated rings. The number of imidazole rings is 1. The van der Waals surface area contributed by atoms with Crippen LogP contribution in [0, 0.1) is 11.3 Å². The molecule has 0 saturated heterocycles. The molecule has 1 aromatic heterocycles. The van der Waals surface area contributed by atoms with Crippen molar-refractivity contribution in [2.24, 2.45) is 0 Å². The Hall–Kier alpha value is -2.86. The Kier molecular flexibility index (Phi) is 4.66. The summed E-state index contributed by atoms with van der Waals surface area (Å²) in [5.41, 5.74) is -0.755. The van der Waals surface area contributed by atoms with Gasteiger partial charge in [-0.15, -0.1) is 0 Å². The molecule has 1 aromatic carbocycles. The maximum absolute atomic E-state index is 13.3. The summed E-state index contributed by atoms with van der Waals surface area (Å²) in [7, 11) is 0. The molecule has 9 heteroatoms. The molecule has 2 aromatic rings. The van der Waals surface area contributed by atoms with Crippen LogP contribution in [-0.4, -0.2) is 38.2 Å². The van der Waals surface area contributed by atoms with E-state index in [1.165, 1.54) is 10.8 Å². The minimum Gasteiger partial charge on any atom is -0.374 e. The molecule has 6 nitrogen and oxygen atoms in total. The summed E-state index contributed by atoms with van der Waals surface area (Å²) in [4.78, 5) is 18.5. The van der Waals surface area contributed by atoms with E-state index < -0.39 is 23.6 Å². The number of hydrogen-bond acceptors (Lipinski definition) is 4. The number of aromatic nitrogens is 2. The second-order valence-electron chi connectivity index (χ2n) is 8.24. The van der Waals surface area contributed by atoms with Crippen LogP contribution in [0.1, 0.15) is 71.7 Å². The lowest BCUT2D eigenvalue weighted by Crippen LogP contribution is -2.45. The normalized spacial score (nSPS) is 21.0. The van der Waals surface area contributed by atoms with Gasteiger partial charge in [0.05, 0.1) is 36.1 Å². The number of benzene rings is 1. The van der Waals surface area contributed by atoms with Crippen LogP contribution in [0.3, 0.4) is 0 Å². The van der Waals surface area contributed by atoms with Crippen molar-refractivity contribution in [3.63, 3.8) is 0 Å². The van der Waals surface area contributed by atoms with Gasteiger partial charge in [0.25, 0.3) is 5.91 Å². The zero-order chi connectivity index (χ0) is 21.8. The standard InChI is InChI=1S/C21H21F3N4O2/c1-12-10-27(11-16-9-26-19(28(12)16)20(2,30)21(22,23)24)18(29)14-5-6-15(8-25)17(7-14)13-3-4-13/h5-7,9,12-13,30H,3-4,10-11H2,1-2H3/t12-,20+/m0/s1. The zero-order valence-corrected chi connectivity index (χ0v) is 16.6. The topological polar surface area (TPSA) is 82.2 Å². The third-order valence-electron chi connectivity index (χ3n) is 5.86. The molecule has 1 N–H and O–H groups in total. The summed E-state index contributed by atoms with van der Waals surface area (Å²) < 4.78 is 41.3. The summed E-state index contributed by atoms with van der Waals surface area (Å²) in [6, 6.07) is 6.69. The smallest absolute Gasteiger partial charge is 0.374 e. The van der Waals surface area contributed by atoms with Crippen LogP contribution in [0.4, 0.5) is 13.2 Å². The van der Waals surface area contributed by atoms with E-state index in [-0.39, 0.29) is 19.0 Å². The van der Waals surface area contributed by atoms with Gasteiger partial charge in [-0.05, 0) is 56.4 Å². The van der Waals surface area contributed by atoms with Crippen molar-refractivity contribution < 1.29 is 23.1 Å². The Morgan fingerprint density at radius 2 is 2.03 bits per heavy atom. The molecular formula is C21H21F3N4O2. The third-order valence-corrected chi connectivity index (χ3v) is 5.86. The van der Waals surface area contributed by atoms with Crippen molar-refractivity contribution in [3.05, 3.63) is 52.6 Å². The van der Waals surface area contributed by atoms with Gasteiger partial charge in [-0.2, -0.15) is 18.4 Å². The lowest BCUT2D eigenvalue weighted by atomic mass is 10.00. The Bertz CT molecular complexity index is 1050. The van der Waals surface area contributed by atoms with E-state index in [0.29, 0.717) is 29.7 Å². The average Bonchev–Trinajstić information content (AvgIpc) is 3.44. The average molecular weight is 418 g/mol. The van der Waals surface area contributed by atoms with E-state index in [1.54, 1.807) is 30.0 Å². The lowest BCUT2D eigenvalue weighted by Gasteiger charge is -2.36. The number of amides is 1. The van der Waals surface area contributed by atoms with Crippen LogP contribution in [0.5, 0.6) is 0 Å². The van der Waals surface area contributed by atoms with Crippen molar-refractivity contribution >= 4 is 5.91 Å². The minimum atomic E-state index is -4.87. The van der Waals surface area contributed by atoms with E-state index in [2.05, 4.69) is 11.1 Å². The molecule has 0 bridgehead atoms. The molecule has 1 aliphatic carbocycles. The third kappa shape index (κ3) is 3.25. The quantitative estimate of drug-likeness (QED) is 0.826. The van der Waals surface area contributed by atoms with E-state index in [4.69, 9.17) is 0 Å². The fourth-order valence-electron chi connectivity index (χ4n) is 4.02. The first-order valence-corrected chi connectivity index (χ1v) is 9.73. The molecule has 2 aliphatic rings. The van der Waals surface area contributed by atoms with Crippen molar-refractivity contribution in [3.8, 4) is 6.07 Å². The molecule has 2 heterocycles. The van der Waals surface area contributed by atoms with Gasteiger partial charge in [-0.3, -0.25) is 4.79 Å². The summed E-state index contributed by atoms with van der Waals surface area (Å²) in [5.74, 6) is -0.412. The first-order valence-electron chi connectivity index (χ1n) is 9.73. The van der Waals surface area contributed by atoms with Gasteiger partial charge in [-0.25, -0.2) is 4.98 Å². The number of aliphatic hydroxyl groups is 1. The van der Waals surface area contributed by atoms with Crippen LogP contribution in [-0.2, 0) is 12.1 Å². The van der Waals surface area contributed by atoms with E-state index in [9.17, 15) is 28.3 Å². The highest BCUT2D eigenvalue weighted by Crippen LogP contribution is 2.42. The van der Waals surface area contributed by atoms with E-state index >= 15 is 0 Å². The van der Waals surface area contributed by atoms with Gasteiger partial charge in [0.1, 0.15) is 0 Å². The minimum absolute atomic E-state index is 0.0862. The Balaban J connectivity index is 1.63. The van der Waals surface area contributed by atoms with Gasteiger partial charge >= 0.3 is 6.18 Å². The number of carbonyl (C=O) groups is 1. The maximum Gasteiger partial charge on any atom is 0.424 e. The van der Waals surface area contributed by atoms with Crippen molar-refractivity contribution in [2.45, 2.75) is 57.0 Å². The molecule has 0 unspecified atom stereocenters. The molecule has 30 heavy (non-hydrogen) atoms. The second kappa shape index (κ2) is 6.84.